The van der Waals surface area contributed by atoms with Gasteiger partial charge in [0.2, 0.25) is 0 Å². The van der Waals surface area contributed by atoms with E-state index in [4.69, 9.17) is 0 Å². The molecule has 194 valence electrons. The van der Waals surface area contributed by atoms with Gasteiger partial charge in [0.1, 0.15) is 0 Å². The molecule has 0 amide bonds. The highest BCUT2D eigenvalue weighted by Crippen LogP contribution is 2.45. The maximum absolute atomic E-state index is 15.3. The van der Waals surface area contributed by atoms with E-state index in [1.165, 1.54) is 37.8 Å². The second-order valence-electron chi connectivity index (χ2n) is 10.8. The first-order chi connectivity index (χ1) is 18.0. The molecule has 2 saturated carbocycles. The van der Waals surface area contributed by atoms with Crippen molar-refractivity contribution in [3.8, 4) is 22.3 Å². The van der Waals surface area contributed by atoms with Crippen molar-refractivity contribution in [2.45, 2.75) is 64.2 Å². The van der Waals surface area contributed by atoms with Gasteiger partial charge in [-0.3, -0.25) is 0 Å². The fourth-order valence-corrected chi connectivity index (χ4v) is 6.64. The Morgan fingerprint density at radius 1 is 0.595 bits per heavy atom. The van der Waals surface area contributed by atoms with Crippen molar-refractivity contribution in [1.29, 1.82) is 0 Å². The van der Waals surface area contributed by atoms with Gasteiger partial charge < -0.3 is 0 Å². The molecule has 2 aliphatic carbocycles. The lowest BCUT2D eigenvalue weighted by atomic mass is 9.68. The largest absolute Gasteiger partial charge is 0.204 e. The summed E-state index contributed by atoms with van der Waals surface area (Å²) in [5, 5.41) is 0. The van der Waals surface area contributed by atoms with E-state index < -0.39 is 23.3 Å². The molecule has 0 saturated heterocycles. The Morgan fingerprint density at radius 2 is 1.16 bits per heavy atom. The van der Waals surface area contributed by atoms with Crippen molar-refractivity contribution in [3.05, 3.63) is 95.6 Å². The van der Waals surface area contributed by atoms with Crippen LogP contribution in [0.15, 0.2) is 66.7 Å². The van der Waals surface area contributed by atoms with Crippen LogP contribution < -0.4 is 0 Å². The highest BCUT2D eigenvalue weighted by molar-refractivity contribution is 5.71. The minimum Gasteiger partial charge on any atom is -0.204 e. The van der Waals surface area contributed by atoms with Crippen molar-refractivity contribution >= 4 is 0 Å². The molecule has 0 spiro atoms. The number of benzene rings is 3. The van der Waals surface area contributed by atoms with Gasteiger partial charge in [0, 0.05) is 11.1 Å². The lowest BCUT2D eigenvalue weighted by molar-refractivity contribution is 0.170. The van der Waals surface area contributed by atoms with Gasteiger partial charge in [-0.25, -0.2) is 17.6 Å². The Labute approximate surface area is 217 Å². The van der Waals surface area contributed by atoms with E-state index in [1.807, 2.05) is 0 Å². The first-order valence-corrected chi connectivity index (χ1v) is 13.6. The normalized spacial score (nSPS) is 24.5. The Morgan fingerprint density at radius 3 is 1.76 bits per heavy atom. The zero-order valence-corrected chi connectivity index (χ0v) is 21.3. The number of rotatable bonds is 5. The molecule has 0 heterocycles. The molecule has 2 aliphatic rings. The molecule has 0 unspecified atom stereocenters. The maximum Gasteiger partial charge on any atom is 0.166 e. The Kier molecular flexibility index (Phi) is 7.83. The molecule has 4 heteroatoms. The Hall–Kier alpha value is -2.88. The van der Waals surface area contributed by atoms with E-state index in [0.717, 1.165) is 43.6 Å². The van der Waals surface area contributed by atoms with Crippen molar-refractivity contribution < 1.29 is 17.6 Å². The second kappa shape index (κ2) is 11.2. The van der Waals surface area contributed by atoms with Crippen LogP contribution in [0.3, 0.4) is 0 Å². The van der Waals surface area contributed by atoms with Gasteiger partial charge in [-0.2, -0.15) is 0 Å². The molecule has 3 aromatic rings. The number of halogens is 4. The number of hydrogen-bond acceptors (Lipinski definition) is 0. The van der Waals surface area contributed by atoms with Crippen LogP contribution in [0, 0.1) is 41.0 Å². The summed E-state index contributed by atoms with van der Waals surface area (Å²) in [7, 11) is 0. The molecule has 37 heavy (non-hydrogen) atoms. The summed E-state index contributed by atoms with van der Waals surface area (Å²) in [6.07, 6.45) is 13.6. The summed E-state index contributed by atoms with van der Waals surface area (Å²) in [5.74, 6) is -1.18. The highest BCUT2D eigenvalue weighted by Gasteiger charge is 2.32. The van der Waals surface area contributed by atoms with E-state index in [9.17, 15) is 8.78 Å². The third-order valence-electron chi connectivity index (χ3n) is 8.73. The van der Waals surface area contributed by atoms with Gasteiger partial charge in [-0.1, -0.05) is 60.7 Å². The monoisotopic (exact) mass is 506 g/mol. The minimum absolute atomic E-state index is 0.0532. The van der Waals surface area contributed by atoms with Crippen LogP contribution in [0.4, 0.5) is 17.6 Å². The quantitative estimate of drug-likeness (QED) is 0.238. The standard InChI is InChI=1S/C33H34F4/c1-2-4-21-7-9-22(10-8-21)23-11-13-25(14-12-23)28-19-20-29(33(37)32(28)36)26-17-15-24(16-18-26)27-5-3-6-30(34)31(27)35/h2-6,15-23,25H,7-14H2,1H3/b4-2+. The zero-order chi connectivity index (χ0) is 25.9. The summed E-state index contributed by atoms with van der Waals surface area (Å²) in [6, 6.07) is 13.8. The molecule has 0 bridgehead atoms. The molecular formula is C33H34F4. The van der Waals surface area contributed by atoms with Crippen molar-refractivity contribution in [1.82, 2.24) is 0 Å². The predicted molar refractivity (Wildman–Crippen MR) is 142 cm³/mol. The van der Waals surface area contributed by atoms with Crippen LogP contribution in [0.2, 0.25) is 0 Å². The van der Waals surface area contributed by atoms with E-state index >= 15 is 8.78 Å². The van der Waals surface area contributed by atoms with Crippen LogP contribution in [0.1, 0.15) is 69.8 Å². The van der Waals surface area contributed by atoms with Crippen LogP contribution >= 0.6 is 0 Å². The van der Waals surface area contributed by atoms with E-state index in [-0.39, 0.29) is 17.0 Å². The summed E-state index contributed by atoms with van der Waals surface area (Å²) < 4.78 is 58.2. The molecule has 0 aliphatic heterocycles. The summed E-state index contributed by atoms with van der Waals surface area (Å²) in [5.41, 5.74) is 1.77. The number of hydrogen-bond donors (Lipinski definition) is 0. The SMILES string of the molecule is C/C=C/C1CCC(C2CCC(c3ccc(-c4ccc(-c5cccc(F)c5F)cc4)c(F)c3F)CC2)CC1. The van der Waals surface area contributed by atoms with Crippen LogP contribution in [-0.2, 0) is 0 Å². The summed E-state index contributed by atoms with van der Waals surface area (Å²) in [4.78, 5) is 0. The molecule has 0 N–H and O–H groups in total. The molecule has 0 atom stereocenters. The van der Waals surface area contributed by atoms with Gasteiger partial charge in [-0.05, 0) is 105 Å². The van der Waals surface area contributed by atoms with E-state index in [0.29, 0.717) is 22.6 Å². The second-order valence-corrected chi connectivity index (χ2v) is 10.8. The third-order valence-corrected chi connectivity index (χ3v) is 8.73. The summed E-state index contributed by atoms with van der Waals surface area (Å²) in [6.45, 7) is 2.09. The predicted octanol–water partition coefficient (Wildman–Crippen LogP) is 10.2. The lowest BCUT2D eigenvalue weighted by Gasteiger charge is -2.37. The average molecular weight is 507 g/mol. The fourth-order valence-electron chi connectivity index (χ4n) is 6.64. The first-order valence-electron chi connectivity index (χ1n) is 13.6. The molecule has 5 rings (SSSR count). The first kappa shape index (κ1) is 25.8. The summed E-state index contributed by atoms with van der Waals surface area (Å²) >= 11 is 0. The third kappa shape index (κ3) is 5.39. The van der Waals surface area contributed by atoms with Crippen molar-refractivity contribution in [2.75, 3.05) is 0 Å². The van der Waals surface area contributed by atoms with Gasteiger partial charge >= 0.3 is 0 Å². The Bertz CT molecular complexity index is 1240. The molecule has 0 nitrogen and oxygen atoms in total. The van der Waals surface area contributed by atoms with Crippen molar-refractivity contribution in [2.24, 2.45) is 17.8 Å². The molecule has 3 aromatic carbocycles. The van der Waals surface area contributed by atoms with Gasteiger partial charge in [-0.15, -0.1) is 0 Å². The van der Waals surface area contributed by atoms with Crippen molar-refractivity contribution in [3.63, 3.8) is 0 Å². The zero-order valence-electron chi connectivity index (χ0n) is 21.3. The van der Waals surface area contributed by atoms with Gasteiger partial charge in [0.15, 0.2) is 23.3 Å². The fraction of sp³-hybridized carbons (Fsp3) is 0.394. The topological polar surface area (TPSA) is 0 Å². The van der Waals surface area contributed by atoms with Gasteiger partial charge in [0.25, 0.3) is 0 Å². The smallest absolute Gasteiger partial charge is 0.166 e. The number of allylic oxidation sites excluding steroid dienone is 2. The maximum atomic E-state index is 15.3. The molecule has 0 aromatic heterocycles. The van der Waals surface area contributed by atoms with Crippen LogP contribution in [-0.4, -0.2) is 0 Å². The molecular weight excluding hydrogens is 472 g/mol. The Balaban J connectivity index is 1.26. The average Bonchev–Trinajstić information content (AvgIpc) is 2.93. The minimum atomic E-state index is -0.923. The van der Waals surface area contributed by atoms with E-state index in [1.54, 1.807) is 36.4 Å². The lowest BCUT2D eigenvalue weighted by Crippen LogP contribution is -2.25. The van der Waals surface area contributed by atoms with E-state index in [2.05, 4.69) is 19.1 Å². The van der Waals surface area contributed by atoms with Crippen LogP contribution in [0.25, 0.3) is 22.3 Å². The van der Waals surface area contributed by atoms with Gasteiger partial charge in [0.05, 0.1) is 0 Å². The molecule has 0 radical (unpaired) electrons. The molecule has 2 fully saturated rings. The van der Waals surface area contributed by atoms with Crippen LogP contribution in [0.5, 0.6) is 0 Å². The highest BCUT2D eigenvalue weighted by atomic mass is 19.2.